The number of carbonyl (C=O) groups is 2. The van der Waals surface area contributed by atoms with Gasteiger partial charge in [-0.05, 0) is 31.2 Å². The van der Waals surface area contributed by atoms with Gasteiger partial charge in [0.1, 0.15) is 0 Å². The third kappa shape index (κ3) is 4.51. The van der Waals surface area contributed by atoms with Crippen molar-refractivity contribution < 1.29 is 9.59 Å². The lowest BCUT2D eigenvalue weighted by Crippen LogP contribution is -2.40. The van der Waals surface area contributed by atoms with Crippen LogP contribution >= 0.6 is 23.4 Å². The fourth-order valence-corrected chi connectivity index (χ4v) is 2.59. The Morgan fingerprint density at radius 2 is 2.05 bits per heavy atom. The summed E-state index contributed by atoms with van der Waals surface area (Å²) in [5, 5.41) is 6.06. The van der Waals surface area contributed by atoms with Gasteiger partial charge >= 0.3 is 6.03 Å². The van der Waals surface area contributed by atoms with Gasteiger partial charge in [-0.2, -0.15) is 0 Å². The molecule has 0 bridgehead atoms. The van der Waals surface area contributed by atoms with Gasteiger partial charge in [-0.3, -0.25) is 14.7 Å². The molecule has 0 saturated heterocycles. The van der Waals surface area contributed by atoms with Crippen molar-refractivity contribution in [3.63, 3.8) is 0 Å². The Balaban J connectivity index is 1.97. The van der Waals surface area contributed by atoms with Gasteiger partial charge in [0.05, 0.1) is 5.75 Å². The highest BCUT2D eigenvalue weighted by molar-refractivity contribution is 7.99. The van der Waals surface area contributed by atoms with Gasteiger partial charge in [0.2, 0.25) is 5.91 Å². The normalized spacial score (nSPS) is 10.3. The molecule has 22 heavy (non-hydrogen) atoms. The van der Waals surface area contributed by atoms with Crippen LogP contribution in [0.1, 0.15) is 6.92 Å². The van der Waals surface area contributed by atoms with Crippen LogP contribution in [-0.2, 0) is 4.79 Å². The van der Waals surface area contributed by atoms with Crippen LogP contribution < -0.4 is 10.6 Å². The SMILES string of the molecule is CCNC(=O)NC(=O)CSc1nccn1-c1ccc(Cl)cc1. The van der Waals surface area contributed by atoms with Crippen LogP contribution in [0.5, 0.6) is 0 Å². The quantitative estimate of drug-likeness (QED) is 0.821. The smallest absolute Gasteiger partial charge is 0.321 e. The molecule has 2 rings (SSSR count). The van der Waals surface area contributed by atoms with E-state index in [0.717, 1.165) is 5.69 Å². The first-order valence-corrected chi connectivity index (χ1v) is 7.96. The van der Waals surface area contributed by atoms with Crippen molar-refractivity contribution in [1.29, 1.82) is 0 Å². The molecule has 1 aromatic carbocycles. The van der Waals surface area contributed by atoms with E-state index in [1.54, 1.807) is 31.5 Å². The van der Waals surface area contributed by atoms with Crippen molar-refractivity contribution in [3.8, 4) is 5.69 Å². The van der Waals surface area contributed by atoms with E-state index in [2.05, 4.69) is 15.6 Å². The molecule has 6 nitrogen and oxygen atoms in total. The van der Waals surface area contributed by atoms with E-state index in [1.807, 2.05) is 16.7 Å². The summed E-state index contributed by atoms with van der Waals surface area (Å²) in [7, 11) is 0. The number of nitrogens with zero attached hydrogens (tertiary/aromatic N) is 2. The molecule has 116 valence electrons. The van der Waals surface area contributed by atoms with Crippen LogP contribution in [0.3, 0.4) is 0 Å². The van der Waals surface area contributed by atoms with E-state index >= 15 is 0 Å². The molecular formula is C14H15ClN4O2S. The van der Waals surface area contributed by atoms with Gasteiger partial charge in [0, 0.05) is 29.6 Å². The van der Waals surface area contributed by atoms with Gasteiger partial charge in [-0.15, -0.1) is 0 Å². The molecule has 2 aromatic rings. The number of rotatable bonds is 5. The summed E-state index contributed by atoms with van der Waals surface area (Å²) < 4.78 is 1.85. The Labute approximate surface area is 137 Å². The second kappa shape index (κ2) is 7.86. The van der Waals surface area contributed by atoms with Crippen LogP contribution in [0.25, 0.3) is 5.69 Å². The summed E-state index contributed by atoms with van der Waals surface area (Å²) >= 11 is 7.12. The van der Waals surface area contributed by atoms with Gasteiger partial charge in [0.15, 0.2) is 5.16 Å². The van der Waals surface area contributed by atoms with E-state index in [-0.39, 0.29) is 11.7 Å². The number of urea groups is 1. The van der Waals surface area contributed by atoms with Gasteiger partial charge < -0.3 is 5.32 Å². The van der Waals surface area contributed by atoms with Crippen LogP contribution in [0.2, 0.25) is 5.02 Å². The van der Waals surface area contributed by atoms with Crippen LogP contribution in [0.4, 0.5) is 4.79 Å². The third-order valence-corrected chi connectivity index (χ3v) is 3.85. The Morgan fingerprint density at radius 3 is 2.73 bits per heavy atom. The lowest BCUT2D eigenvalue weighted by atomic mass is 10.3. The maximum atomic E-state index is 11.7. The number of aromatic nitrogens is 2. The zero-order valence-electron chi connectivity index (χ0n) is 11.9. The molecule has 0 aliphatic rings. The van der Waals surface area contributed by atoms with Gasteiger partial charge in [0.25, 0.3) is 0 Å². The predicted octanol–water partition coefficient (Wildman–Crippen LogP) is 2.46. The summed E-state index contributed by atoms with van der Waals surface area (Å²) in [5.74, 6) is -0.275. The van der Waals surface area contributed by atoms with Crippen molar-refractivity contribution in [2.45, 2.75) is 12.1 Å². The molecule has 0 radical (unpaired) electrons. The molecule has 0 saturated carbocycles. The maximum absolute atomic E-state index is 11.7. The highest BCUT2D eigenvalue weighted by Crippen LogP contribution is 2.21. The van der Waals surface area contributed by atoms with Crippen molar-refractivity contribution in [1.82, 2.24) is 20.2 Å². The fraction of sp³-hybridized carbons (Fsp3) is 0.214. The first-order chi connectivity index (χ1) is 10.6. The molecule has 0 aliphatic carbocycles. The molecule has 8 heteroatoms. The summed E-state index contributed by atoms with van der Waals surface area (Å²) in [4.78, 5) is 27.1. The maximum Gasteiger partial charge on any atom is 0.321 e. The van der Waals surface area contributed by atoms with Crippen molar-refractivity contribution in [3.05, 3.63) is 41.7 Å². The zero-order chi connectivity index (χ0) is 15.9. The number of halogens is 1. The van der Waals surface area contributed by atoms with Crippen molar-refractivity contribution >= 4 is 35.3 Å². The molecule has 3 amide bonds. The predicted molar refractivity (Wildman–Crippen MR) is 86.5 cm³/mol. The van der Waals surface area contributed by atoms with Crippen LogP contribution in [0.15, 0.2) is 41.8 Å². The topological polar surface area (TPSA) is 76.0 Å². The molecule has 0 unspecified atom stereocenters. The molecule has 0 aliphatic heterocycles. The molecule has 0 spiro atoms. The molecule has 0 atom stereocenters. The number of benzene rings is 1. The minimum absolute atomic E-state index is 0.0989. The monoisotopic (exact) mass is 338 g/mol. The lowest BCUT2D eigenvalue weighted by molar-refractivity contribution is -0.117. The number of nitrogens with one attached hydrogen (secondary N) is 2. The standard InChI is InChI=1S/C14H15ClN4O2S/c1-2-16-13(21)18-12(20)9-22-14-17-7-8-19(14)11-5-3-10(15)4-6-11/h3-8H,2,9H2,1H3,(H2,16,18,20,21). The van der Waals surface area contributed by atoms with Crippen LogP contribution in [-0.4, -0.2) is 33.8 Å². The van der Waals surface area contributed by atoms with E-state index < -0.39 is 6.03 Å². The number of amides is 3. The molecule has 1 aromatic heterocycles. The van der Waals surface area contributed by atoms with Crippen LogP contribution in [0, 0.1) is 0 Å². The summed E-state index contributed by atoms with van der Waals surface area (Å²) in [5.41, 5.74) is 0.897. The minimum Gasteiger partial charge on any atom is -0.338 e. The average Bonchev–Trinajstić information content (AvgIpc) is 2.94. The number of carbonyl (C=O) groups excluding carboxylic acids is 2. The van der Waals surface area contributed by atoms with Gasteiger partial charge in [-0.1, -0.05) is 23.4 Å². The fourth-order valence-electron chi connectivity index (χ4n) is 1.69. The number of hydrogen-bond acceptors (Lipinski definition) is 4. The van der Waals surface area contributed by atoms with Crippen molar-refractivity contribution in [2.24, 2.45) is 0 Å². The summed E-state index contributed by atoms with van der Waals surface area (Å²) in [6, 6.07) is 6.81. The number of imide groups is 1. The Morgan fingerprint density at radius 1 is 1.32 bits per heavy atom. The summed E-state index contributed by atoms with van der Waals surface area (Å²) in [6.07, 6.45) is 3.45. The number of imidazole rings is 1. The second-order valence-electron chi connectivity index (χ2n) is 4.25. The van der Waals surface area contributed by atoms with E-state index in [1.165, 1.54) is 11.8 Å². The van der Waals surface area contributed by atoms with E-state index in [4.69, 9.17) is 11.6 Å². The lowest BCUT2D eigenvalue weighted by Gasteiger charge is -2.08. The molecular weight excluding hydrogens is 324 g/mol. The highest BCUT2D eigenvalue weighted by Gasteiger charge is 2.11. The Kier molecular flexibility index (Phi) is 5.85. The van der Waals surface area contributed by atoms with Crippen molar-refractivity contribution in [2.75, 3.05) is 12.3 Å². The summed E-state index contributed by atoms with van der Waals surface area (Å²) in [6.45, 7) is 2.24. The third-order valence-electron chi connectivity index (χ3n) is 2.63. The largest absolute Gasteiger partial charge is 0.338 e. The van der Waals surface area contributed by atoms with Gasteiger partial charge in [-0.25, -0.2) is 9.78 Å². The zero-order valence-corrected chi connectivity index (χ0v) is 13.4. The number of hydrogen-bond donors (Lipinski definition) is 2. The Bertz CT molecular complexity index is 657. The Hall–Kier alpha value is -1.99. The molecule has 0 fully saturated rings. The van der Waals surface area contributed by atoms with E-state index in [0.29, 0.717) is 16.7 Å². The minimum atomic E-state index is -0.492. The first kappa shape index (κ1) is 16.4. The van der Waals surface area contributed by atoms with E-state index in [9.17, 15) is 9.59 Å². The average molecular weight is 339 g/mol. The molecule has 2 N–H and O–H groups in total. The first-order valence-electron chi connectivity index (χ1n) is 6.60. The second-order valence-corrected chi connectivity index (χ2v) is 5.63. The molecule has 1 heterocycles. The number of thioether (sulfide) groups is 1. The highest BCUT2D eigenvalue weighted by atomic mass is 35.5.